The summed E-state index contributed by atoms with van der Waals surface area (Å²) in [5.41, 5.74) is 0.148. The number of nitro groups is 1. The van der Waals surface area contributed by atoms with E-state index in [0.29, 0.717) is 12.2 Å². The molecule has 1 saturated carbocycles. The Morgan fingerprint density at radius 1 is 1.43 bits per heavy atom. The van der Waals surface area contributed by atoms with Crippen LogP contribution in [0, 0.1) is 15.9 Å². The number of benzene rings is 1. The number of hydrogen-bond donors (Lipinski definition) is 1. The second kappa shape index (κ2) is 6.96. The van der Waals surface area contributed by atoms with Gasteiger partial charge in [0.2, 0.25) is 0 Å². The summed E-state index contributed by atoms with van der Waals surface area (Å²) in [6, 6.07) is 2.41. The maximum absolute atomic E-state index is 13.5. The molecule has 7 heteroatoms. The lowest BCUT2D eigenvalue weighted by molar-refractivity contribution is -0.384. The summed E-state index contributed by atoms with van der Waals surface area (Å²) in [4.78, 5) is 10.5. The molecule has 116 valence electrons. The summed E-state index contributed by atoms with van der Waals surface area (Å²) in [5, 5.41) is 14.2. The molecule has 0 saturated heterocycles. The summed E-state index contributed by atoms with van der Waals surface area (Å²) >= 11 is 4.90. The van der Waals surface area contributed by atoms with Crippen molar-refractivity contribution in [1.29, 1.82) is 0 Å². The van der Waals surface area contributed by atoms with Gasteiger partial charge in [0, 0.05) is 11.3 Å². The number of nitro benzene ring substituents is 1. The molecule has 0 aromatic heterocycles. The van der Waals surface area contributed by atoms with Crippen molar-refractivity contribution < 1.29 is 9.31 Å². The van der Waals surface area contributed by atoms with Crippen LogP contribution in [0.4, 0.5) is 15.8 Å². The van der Waals surface area contributed by atoms with Gasteiger partial charge >= 0.3 is 0 Å². The van der Waals surface area contributed by atoms with Gasteiger partial charge in [-0.15, -0.1) is 0 Å². The zero-order chi connectivity index (χ0) is 15.5. The first-order chi connectivity index (χ1) is 9.97. The van der Waals surface area contributed by atoms with Gasteiger partial charge in [-0.25, -0.2) is 4.39 Å². The van der Waals surface area contributed by atoms with E-state index in [4.69, 9.17) is 0 Å². The Hall–Kier alpha value is -0.820. The molecular formula is C14H18BrFN2O2S. The van der Waals surface area contributed by atoms with Gasteiger partial charge in [-0.1, -0.05) is 19.3 Å². The number of rotatable bonds is 5. The minimum atomic E-state index is -0.621. The van der Waals surface area contributed by atoms with Gasteiger partial charge in [-0.3, -0.25) is 10.1 Å². The van der Waals surface area contributed by atoms with Crippen LogP contribution in [0.25, 0.3) is 0 Å². The van der Waals surface area contributed by atoms with E-state index in [1.807, 2.05) is 11.8 Å². The summed E-state index contributed by atoms with van der Waals surface area (Å²) in [6.07, 6.45) is 7.94. The van der Waals surface area contributed by atoms with Crippen molar-refractivity contribution in [3.8, 4) is 0 Å². The molecule has 1 aromatic carbocycles. The minimum Gasteiger partial charge on any atom is -0.378 e. The Morgan fingerprint density at radius 3 is 2.67 bits per heavy atom. The largest absolute Gasteiger partial charge is 0.378 e. The molecular weight excluding hydrogens is 359 g/mol. The molecule has 1 aliphatic carbocycles. The molecule has 0 unspecified atom stereocenters. The molecule has 21 heavy (non-hydrogen) atoms. The monoisotopic (exact) mass is 376 g/mol. The van der Waals surface area contributed by atoms with Crippen LogP contribution < -0.4 is 5.32 Å². The molecule has 0 atom stereocenters. The van der Waals surface area contributed by atoms with E-state index in [0.717, 1.165) is 18.9 Å². The van der Waals surface area contributed by atoms with Crippen molar-refractivity contribution in [3.05, 3.63) is 32.5 Å². The number of nitrogens with one attached hydrogen (secondary N) is 1. The molecule has 4 nitrogen and oxygen atoms in total. The fourth-order valence-corrected chi connectivity index (χ4v) is 3.99. The van der Waals surface area contributed by atoms with Gasteiger partial charge in [-0.2, -0.15) is 11.8 Å². The lowest BCUT2D eigenvalue weighted by atomic mass is 9.88. The van der Waals surface area contributed by atoms with Crippen LogP contribution >= 0.6 is 27.7 Å². The van der Waals surface area contributed by atoms with Crippen LogP contribution in [0.3, 0.4) is 0 Å². The maximum Gasteiger partial charge on any atom is 0.295 e. The summed E-state index contributed by atoms with van der Waals surface area (Å²) in [6.45, 7) is 0.660. The molecule has 2 rings (SSSR count). The Balaban J connectivity index is 2.18. The fourth-order valence-electron chi connectivity index (χ4n) is 2.73. The van der Waals surface area contributed by atoms with Gasteiger partial charge in [-0.05, 0) is 41.1 Å². The lowest BCUT2D eigenvalue weighted by Gasteiger charge is -2.36. The molecule has 0 spiro atoms. The Kier molecular flexibility index (Phi) is 5.48. The van der Waals surface area contributed by atoms with Crippen LogP contribution in [-0.2, 0) is 0 Å². The van der Waals surface area contributed by atoms with Gasteiger partial charge in [0.1, 0.15) is 11.5 Å². The van der Waals surface area contributed by atoms with E-state index in [2.05, 4.69) is 27.5 Å². The number of thioether (sulfide) groups is 1. The van der Waals surface area contributed by atoms with E-state index in [-0.39, 0.29) is 14.9 Å². The third-order valence-electron chi connectivity index (χ3n) is 4.03. The standard InChI is InChI=1S/C14H18BrFN2O2S/c1-21-14(5-3-2-4-6-14)9-17-12-7-10(15)11(16)8-13(12)18(19)20/h7-8,17H,2-6,9H2,1H3. The molecule has 0 bridgehead atoms. The van der Waals surface area contributed by atoms with Crippen molar-refractivity contribution in [2.75, 3.05) is 18.1 Å². The summed E-state index contributed by atoms with van der Waals surface area (Å²) in [7, 11) is 0. The molecule has 1 N–H and O–H groups in total. The average molecular weight is 377 g/mol. The Labute approximate surface area is 136 Å². The second-order valence-corrected chi connectivity index (χ2v) is 7.47. The Morgan fingerprint density at radius 2 is 2.10 bits per heavy atom. The second-order valence-electron chi connectivity index (χ2n) is 5.34. The van der Waals surface area contributed by atoms with Crippen molar-refractivity contribution in [2.45, 2.75) is 36.9 Å². The lowest BCUT2D eigenvalue weighted by Crippen LogP contribution is -2.35. The first-order valence-electron chi connectivity index (χ1n) is 6.90. The summed E-state index contributed by atoms with van der Waals surface area (Å²) in [5.74, 6) is -0.621. The van der Waals surface area contributed by atoms with Crippen LogP contribution in [0.1, 0.15) is 32.1 Å². The van der Waals surface area contributed by atoms with E-state index in [1.165, 1.54) is 25.3 Å². The number of hydrogen-bond acceptors (Lipinski definition) is 4. The van der Waals surface area contributed by atoms with E-state index in [1.54, 1.807) is 0 Å². The maximum atomic E-state index is 13.5. The number of anilines is 1. The fraction of sp³-hybridized carbons (Fsp3) is 0.571. The van der Waals surface area contributed by atoms with Crippen molar-refractivity contribution in [2.24, 2.45) is 0 Å². The topological polar surface area (TPSA) is 55.2 Å². The van der Waals surface area contributed by atoms with Crippen LogP contribution in [0.5, 0.6) is 0 Å². The van der Waals surface area contributed by atoms with Crippen molar-refractivity contribution in [1.82, 2.24) is 0 Å². The highest BCUT2D eigenvalue weighted by molar-refractivity contribution is 9.10. The number of halogens is 2. The molecule has 1 aliphatic rings. The third kappa shape index (κ3) is 3.88. The van der Waals surface area contributed by atoms with E-state index < -0.39 is 10.7 Å². The molecule has 1 fully saturated rings. The first kappa shape index (κ1) is 16.5. The highest BCUT2D eigenvalue weighted by atomic mass is 79.9. The van der Waals surface area contributed by atoms with Crippen LogP contribution in [-0.4, -0.2) is 22.5 Å². The predicted octanol–water partition coefficient (Wildman–Crippen LogP) is 4.97. The molecule has 1 aromatic rings. The van der Waals surface area contributed by atoms with Crippen molar-refractivity contribution in [3.63, 3.8) is 0 Å². The van der Waals surface area contributed by atoms with Gasteiger partial charge in [0.15, 0.2) is 0 Å². The van der Waals surface area contributed by atoms with Crippen molar-refractivity contribution >= 4 is 39.1 Å². The molecule has 0 heterocycles. The zero-order valence-electron chi connectivity index (χ0n) is 11.8. The van der Waals surface area contributed by atoms with Crippen LogP contribution in [0.15, 0.2) is 16.6 Å². The predicted molar refractivity (Wildman–Crippen MR) is 88.6 cm³/mol. The summed E-state index contributed by atoms with van der Waals surface area (Å²) < 4.78 is 13.8. The van der Waals surface area contributed by atoms with Gasteiger partial charge in [0.25, 0.3) is 5.69 Å². The highest BCUT2D eigenvalue weighted by Gasteiger charge is 2.31. The molecule has 0 amide bonds. The Bertz CT molecular complexity index is 536. The van der Waals surface area contributed by atoms with Gasteiger partial charge in [0.05, 0.1) is 15.5 Å². The van der Waals surface area contributed by atoms with Crippen LogP contribution in [0.2, 0.25) is 0 Å². The average Bonchev–Trinajstić information content (AvgIpc) is 2.48. The van der Waals surface area contributed by atoms with E-state index >= 15 is 0 Å². The normalized spacial score (nSPS) is 17.5. The SMILES string of the molecule is CSC1(CNc2cc(Br)c(F)cc2[N+](=O)[O-])CCCCC1. The minimum absolute atomic E-state index is 0.118. The highest BCUT2D eigenvalue weighted by Crippen LogP contribution is 2.39. The van der Waals surface area contributed by atoms with E-state index in [9.17, 15) is 14.5 Å². The first-order valence-corrected chi connectivity index (χ1v) is 8.92. The molecule has 0 radical (unpaired) electrons. The third-order valence-corrected chi connectivity index (χ3v) is 6.06. The smallest absolute Gasteiger partial charge is 0.295 e. The van der Waals surface area contributed by atoms with Gasteiger partial charge < -0.3 is 5.32 Å². The zero-order valence-corrected chi connectivity index (χ0v) is 14.2. The quantitative estimate of drug-likeness (QED) is 0.581. The number of nitrogens with zero attached hydrogens (tertiary/aromatic N) is 1. The molecule has 0 aliphatic heterocycles.